The molecule has 2 aromatic heterocycles. The van der Waals surface area contributed by atoms with Gasteiger partial charge in [-0.1, -0.05) is 11.3 Å². The van der Waals surface area contributed by atoms with Crippen molar-refractivity contribution in [2.75, 3.05) is 11.4 Å². The molecule has 0 fully saturated rings. The minimum absolute atomic E-state index is 0.0558. The standard InChI is InChI=1S/C22H21FN4O2S/c1-15(2)29-18-7-4-16(5-8-18)21(28)27(13-12-26-11-3-10-24-26)22-25-19-9-6-17(23)14-20(19)30-22/h3-11,14-15H,12-13H2,1-2H3. The molecule has 0 unspecified atom stereocenters. The van der Waals surface area contributed by atoms with E-state index in [0.29, 0.717) is 39.8 Å². The summed E-state index contributed by atoms with van der Waals surface area (Å²) in [5.41, 5.74) is 1.19. The van der Waals surface area contributed by atoms with E-state index in [1.54, 1.807) is 46.1 Å². The van der Waals surface area contributed by atoms with Crippen molar-refractivity contribution in [1.29, 1.82) is 0 Å². The van der Waals surface area contributed by atoms with Crippen LogP contribution in [0.5, 0.6) is 5.75 Å². The second kappa shape index (κ2) is 8.62. The number of aromatic nitrogens is 3. The summed E-state index contributed by atoms with van der Waals surface area (Å²) in [6.45, 7) is 4.79. The number of ether oxygens (including phenoxy) is 1. The molecule has 4 aromatic rings. The van der Waals surface area contributed by atoms with Crippen LogP contribution in [0, 0.1) is 5.82 Å². The van der Waals surface area contributed by atoms with E-state index in [1.807, 2.05) is 26.1 Å². The van der Waals surface area contributed by atoms with Gasteiger partial charge in [-0.05, 0) is 62.4 Å². The van der Waals surface area contributed by atoms with E-state index in [0.717, 1.165) is 0 Å². The maximum Gasteiger partial charge on any atom is 0.260 e. The van der Waals surface area contributed by atoms with Gasteiger partial charge in [-0.3, -0.25) is 14.4 Å². The molecular formula is C22H21FN4O2S. The van der Waals surface area contributed by atoms with Crippen LogP contribution in [0.1, 0.15) is 24.2 Å². The van der Waals surface area contributed by atoms with Crippen LogP contribution in [-0.2, 0) is 6.54 Å². The van der Waals surface area contributed by atoms with E-state index in [9.17, 15) is 9.18 Å². The first-order valence-electron chi connectivity index (χ1n) is 9.62. The highest BCUT2D eigenvalue weighted by Gasteiger charge is 2.22. The molecule has 0 spiro atoms. The smallest absolute Gasteiger partial charge is 0.260 e. The Balaban J connectivity index is 1.63. The Bertz CT molecular complexity index is 1140. The molecule has 0 aliphatic rings. The summed E-state index contributed by atoms with van der Waals surface area (Å²) < 4.78 is 21.7. The van der Waals surface area contributed by atoms with Crippen molar-refractivity contribution in [1.82, 2.24) is 14.8 Å². The number of amides is 1. The molecule has 0 saturated carbocycles. The van der Waals surface area contributed by atoms with Gasteiger partial charge in [0.1, 0.15) is 11.6 Å². The Morgan fingerprint density at radius 3 is 2.73 bits per heavy atom. The summed E-state index contributed by atoms with van der Waals surface area (Å²) in [6.07, 6.45) is 3.59. The molecule has 0 bridgehead atoms. The number of anilines is 1. The zero-order valence-electron chi connectivity index (χ0n) is 16.7. The number of nitrogens with zero attached hydrogens (tertiary/aromatic N) is 4. The molecule has 154 valence electrons. The van der Waals surface area contributed by atoms with Crippen LogP contribution >= 0.6 is 11.3 Å². The molecule has 0 atom stereocenters. The van der Waals surface area contributed by atoms with Crippen LogP contribution < -0.4 is 9.64 Å². The summed E-state index contributed by atoms with van der Waals surface area (Å²) >= 11 is 1.29. The average molecular weight is 425 g/mol. The third kappa shape index (κ3) is 4.49. The van der Waals surface area contributed by atoms with Gasteiger partial charge in [-0.2, -0.15) is 5.10 Å². The first-order chi connectivity index (χ1) is 14.5. The Kier molecular flexibility index (Phi) is 5.76. The lowest BCUT2D eigenvalue weighted by molar-refractivity contribution is 0.0985. The molecule has 0 N–H and O–H groups in total. The summed E-state index contributed by atoms with van der Waals surface area (Å²) in [7, 11) is 0. The second-order valence-electron chi connectivity index (χ2n) is 7.03. The van der Waals surface area contributed by atoms with E-state index in [1.165, 1.54) is 23.5 Å². The highest BCUT2D eigenvalue weighted by atomic mass is 32.1. The van der Waals surface area contributed by atoms with Crippen molar-refractivity contribution in [2.45, 2.75) is 26.5 Å². The molecule has 2 heterocycles. The lowest BCUT2D eigenvalue weighted by Crippen LogP contribution is -2.34. The molecule has 0 saturated heterocycles. The zero-order chi connectivity index (χ0) is 21.1. The third-order valence-electron chi connectivity index (χ3n) is 4.40. The first kappa shape index (κ1) is 20.0. The Labute approximate surface area is 177 Å². The quantitative estimate of drug-likeness (QED) is 0.429. The van der Waals surface area contributed by atoms with Crippen molar-refractivity contribution < 1.29 is 13.9 Å². The average Bonchev–Trinajstić information content (AvgIpc) is 3.37. The molecule has 0 aliphatic heterocycles. The molecule has 2 aromatic carbocycles. The van der Waals surface area contributed by atoms with Gasteiger partial charge in [0.25, 0.3) is 5.91 Å². The summed E-state index contributed by atoms with van der Waals surface area (Å²) in [5.74, 6) is 0.200. The minimum atomic E-state index is -0.326. The van der Waals surface area contributed by atoms with E-state index in [2.05, 4.69) is 10.1 Å². The van der Waals surface area contributed by atoms with Gasteiger partial charge in [0.2, 0.25) is 0 Å². The lowest BCUT2D eigenvalue weighted by atomic mass is 10.2. The third-order valence-corrected chi connectivity index (χ3v) is 5.44. The highest BCUT2D eigenvalue weighted by molar-refractivity contribution is 7.22. The molecule has 8 heteroatoms. The maximum absolute atomic E-state index is 13.6. The van der Waals surface area contributed by atoms with Gasteiger partial charge >= 0.3 is 0 Å². The number of thiazole rings is 1. The van der Waals surface area contributed by atoms with Crippen LogP contribution in [0.15, 0.2) is 60.9 Å². The van der Waals surface area contributed by atoms with Gasteiger partial charge in [-0.25, -0.2) is 9.37 Å². The fourth-order valence-corrected chi connectivity index (χ4v) is 4.04. The number of carbonyl (C=O) groups is 1. The lowest BCUT2D eigenvalue weighted by Gasteiger charge is -2.20. The number of benzene rings is 2. The normalized spacial score (nSPS) is 11.2. The van der Waals surface area contributed by atoms with Gasteiger partial charge in [-0.15, -0.1) is 0 Å². The fraction of sp³-hybridized carbons (Fsp3) is 0.227. The molecular weight excluding hydrogens is 403 g/mol. The van der Waals surface area contributed by atoms with Gasteiger partial charge in [0.15, 0.2) is 5.13 Å². The summed E-state index contributed by atoms with van der Waals surface area (Å²) in [4.78, 5) is 19.5. The van der Waals surface area contributed by atoms with Crippen LogP contribution in [0.3, 0.4) is 0 Å². The van der Waals surface area contributed by atoms with Crippen LogP contribution in [0.2, 0.25) is 0 Å². The van der Waals surface area contributed by atoms with E-state index in [4.69, 9.17) is 4.74 Å². The summed E-state index contributed by atoms with van der Waals surface area (Å²) in [6, 6.07) is 13.3. The molecule has 30 heavy (non-hydrogen) atoms. The Morgan fingerprint density at radius 2 is 2.03 bits per heavy atom. The first-order valence-corrected chi connectivity index (χ1v) is 10.4. The fourth-order valence-electron chi connectivity index (χ4n) is 3.03. The molecule has 6 nitrogen and oxygen atoms in total. The van der Waals surface area contributed by atoms with Gasteiger partial charge in [0.05, 0.1) is 22.9 Å². The molecule has 4 rings (SSSR count). The van der Waals surface area contributed by atoms with Gasteiger partial charge in [0, 0.05) is 24.5 Å². The highest BCUT2D eigenvalue weighted by Crippen LogP contribution is 2.30. The van der Waals surface area contributed by atoms with Crippen molar-refractivity contribution in [3.63, 3.8) is 0 Å². The van der Waals surface area contributed by atoms with Crippen LogP contribution in [0.25, 0.3) is 10.2 Å². The van der Waals surface area contributed by atoms with Crippen molar-refractivity contribution in [2.24, 2.45) is 0 Å². The summed E-state index contributed by atoms with van der Waals surface area (Å²) in [5, 5.41) is 4.73. The van der Waals surface area contributed by atoms with Crippen molar-refractivity contribution in [3.05, 3.63) is 72.3 Å². The zero-order valence-corrected chi connectivity index (χ0v) is 17.5. The number of carbonyl (C=O) groups excluding carboxylic acids is 1. The van der Waals surface area contributed by atoms with E-state index >= 15 is 0 Å². The molecule has 1 amide bonds. The number of hydrogen-bond donors (Lipinski definition) is 0. The van der Waals surface area contributed by atoms with Gasteiger partial charge < -0.3 is 4.74 Å². The van der Waals surface area contributed by atoms with Crippen LogP contribution in [0.4, 0.5) is 9.52 Å². The molecule has 0 aliphatic carbocycles. The largest absolute Gasteiger partial charge is 0.491 e. The predicted octanol–water partition coefficient (Wildman–Crippen LogP) is 4.77. The number of fused-ring (bicyclic) bond motifs is 1. The Morgan fingerprint density at radius 1 is 1.23 bits per heavy atom. The second-order valence-corrected chi connectivity index (χ2v) is 8.03. The predicted molar refractivity (Wildman–Crippen MR) is 116 cm³/mol. The SMILES string of the molecule is CC(C)Oc1ccc(C(=O)N(CCn2cccn2)c2nc3ccc(F)cc3s2)cc1. The van der Waals surface area contributed by atoms with Crippen molar-refractivity contribution in [3.8, 4) is 5.75 Å². The monoisotopic (exact) mass is 424 g/mol. The van der Waals surface area contributed by atoms with Crippen LogP contribution in [-0.4, -0.2) is 33.3 Å². The van der Waals surface area contributed by atoms with Crippen molar-refractivity contribution >= 4 is 32.6 Å². The number of rotatable bonds is 7. The topological polar surface area (TPSA) is 60.2 Å². The number of halogens is 1. The Hall–Kier alpha value is -3.26. The number of hydrogen-bond acceptors (Lipinski definition) is 5. The van der Waals surface area contributed by atoms with E-state index < -0.39 is 0 Å². The minimum Gasteiger partial charge on any atom is -0.491 e. The molecule has 0 radical (unpaired) electrons. The maximum atomic E-state index is 13.6. The van der Waals surface area contributed by atoms with E-state index in [-0.39, 0.29) is 17.8 Å².